The molecule has 1 aromatic rings. The highest BCUT2D eigenvalue weighted by Crippen LogP contribution is 2.10. The van der Waals surface area contributed by atoms with Gasteiger partial charge in [-0.05, 0) is 23.8 Å². The molecular weight excluding hydrogens is 276 g/mol. The SMILES string of the molecule is COC(=O)CCNC(=O)Nc1ccc(/C=C/C(=O)O)cc1. The number of anilines is 1. The van der Waals surface area contributed by atoms with Gasteiger partial charge in [-0.2, -0.15) is 0 Å². The van der Waals surface area contributed by atoms with E-state index in [0.717, 1.165) is 6.08 Å². The van der Waals surface area contributed by atoms with Crippen LogP contribution in [0.15, 0.2) is 30.3 Å². The highest BCUT2D eigenvalue weighted by atomic mass is 16.5. The molecule has 7 heteroatoms. The predicted octanol–water partition coefficient (Wildman–Crippen LogP) is 1.47. The van der Waals surface area contributed by atoms with Crippen LogP contribution in [0.1, 0.15) is 12.0 Å². The van der Waals surface area contributed by atoms with Crippen molar-refractivity contribution in [2.24, 2.45) is 0 Å². The first-order valence-corrected chi connectivity index (χ1v) is 6.14. The molecule has 0 radical (unpaired) electrons. The third-order valence-corrected chi connectivity index (χ3v) is 2.43. The fourth-order valence-electron chi connectivity index (χ4n) is 1.40. The number of carboxylic acids is 1. The molecule has 21 heavy (non-hydrogen) atoms. The van der Waals surface area contributed by atoms with Gasteiger partial charge in [-0.15, -0.1) is 0 Å². The van der Waals surface area contributed by atoms with Crippen LogP contribution in [0, 0.1) is 0 Å². The van der Waals surface area contributed by atoms with Gasteiger partial charge in [0.25, 0.3) is 0 Å². The fourth-order valence-corrected chi connectivity index (χ4v) is 1.40. The number of carbonyl (C=O) groups is 3. The molecule has 7 nitrogen and oxygen atoms in total. The summed E-state index contributed by atoms with van der Waals surface area (Å²) in [4.78, 5) is 32.7. The zero-order valence-corrected chi connectivity index (χ0v) is 11.5. The minimum atomic E-state index is -1.03. The Kier molecular flexibility index (Phi) is 6.46. The van der Waals surface area contributed by atoms with E-state index in [4.69, 9.17) is 5.11 Å². The third-order valence-electron chi connectivity index (χ3n) is 2.43. The largest absolute Gasteiger partial charge is 0.478 e. The van der Waals surface area contributed by atoms with Gasteiger partial charge in [-0.25, -0.2) is 9.59 Å². The first-order chi connectivity index (χ1) is 10.0. The van der Waals surface area contributed by atoms with Crippen molar-refractivity contribution in [1.82, 2.24) is 5.32 Å². The maximum Gasteiger partial charge on any atom is 0.328 e. The van der Waals surface area contributed by atoms with Crippen LogP contribution in [-0.2, 0) is 14.3 Å². The lowest BCUT2D eigenvalue weighted by molar-refractivity contribution is -0.140. The molecule has 2 amide bonds. The van der Waals surface area contributed by atoms with Crippen LogP contribution in [-0.4, -0.2) is 36.7 Å². The number of nitrogens with one attached hydrogen (secondary N) is 2. The van der Waals surface area contributed by atoms with Crippen LogP contribution < -0.4 is 10.6 Å². The molecule has 0 aliphatic rings. The first kappa shape index (κ1) is 16.2. The average Bonchev–Trinajstić information content (AvgIpc) is 2.46. The summed E-state index contributed by atoms with van der Waals surface area (Å²) in [7, 11) is 1.28. The van der Waals surface area contributed by atoms with Crippen LogP contribution in [0.3, 0.4) is 0 Å². The second-order valence-electron chi connectivity index (χ2n) is 4.00. The summed E-state index contributed by atoms with van der Waals surface area (Å²) in [5.41, 5.74) is 1.26. The number of hydrogen-bond donors (Lipinski definition) is 3. The molecule has 0 aliphatic heterocycles. The molecule has 0 unspecified atom stereocenters. The summed E-state index contributed by atoms with van der Waals surface area (Å²) in [5, 5.41) is 13.6. The van der Waals surface area contributed by atoms with Crippen LogP contribution in [0.5, 0.6) is 0 Å². The molecule has 0 spiro atoms. The van der Waals surface area contributed by atoms with Gasteiger partial charge in [0, 0.05) is 18.3 Å². The Morgan fingerprint density at radius 1 is 1.24 bits per heavy atom. The minimum Gasteiger partial charge on any atom is -0.478 e. The van der Waals surface area contributed by atoms with E-state index < -0.39 is 18.0 Å². The minimum absolute atomic E-state index is 0.100. The summed E-state index contributed by atoms with van der Waals surface area (Å²) in [5.74, 6) is -1.42. The van der Waals surface area contributed by atoms with Gasteiger partial charge >= 0.3 is 18.0 Å². The molecule has 112 valence electrons. The molecule has 0 fully saturated rings. The quantitative estimate of drug-likeness (QED) is 0.544. The standard InChI is InChI=1S/C14H16N2O5/c1-21-13(19)8-9-15-14(20)16-11-5-2-10(3-6-11)4-7-12(17)18/h2-7H,8-9H2,1H3,(H,17,18)(H2,15,16,20)/b7-4+. The topological polar surface area (TPSA) is 105 Å². The molecular formula is C14H16N2O5. The zero-order chi connectivity index (χ0) is 15.7. The number of urea groups is 1. The molecule has 0 bridgehead atoms. The van der Waals surface area contributed by atoms with Gasteiger partial charge in [0.1, 0.15) is 0 Å². The number of aliphatic carboxylic acids is 1. The molecule has 1 rings (SSSR count). The lowest BCUT2D eigenvalue weighted by Gasteiger charge is -2.07. The number of hydrogen-bond acceptors (Lipinski definition) is 4. The Bertz CT molecular complexity index is 537. The number of esters is 1. The summed E-state index contributed by atoms with van der Waals surface area (Å²) >= 11 is 0. The second-order valence-corrected chi connectivity index (χ2v) is 4.00. The van der Waals surface area contributed by atoms with Gasteiger partial charge in [-0.3, -0.25) is 4.79 Å². The van der Waals surface area contributed by atoms with Crippen molar-refractivity contribution in [2.75, 3.05) is 19.0 Å². The first-order valence-electron chi connectivity index (χ1n) is 6.14. The van der Waals surface area contributed by atoms with Crippen molar-refractivity contribution in [2.45, 2.75) is 6.42 Å². The maximum absolute atomic E-state index is 11.5. The number of benzene rings is 1. The molecule has 0 aromatic heterocycles. The molecule has 0 heterocycles. The number of ether oxygens (including phenoxy) is 1. The average molecular weight is 292 g/mol. The molecule has 3 N–H and O–H groups in total. The van der Waals surface area contributed by atoms with E-state index in [1.165, 1.54) is 13.2 Å². The molecule has 1 aromatic carbocycles. The summed E-state index contributed by atoms with van der Waals surface area (Å²) < 4.78 is 4.44. The van der Waals surface area contributed by atoms with E-state index in [2.05, 4.69) is 15.4 Å². The van der Waals surface area contributed by atoms with Gasteiger partial charge < -0.3 is 20.5 Å². The van der Waals surface area contributed by atoms with Crippen LogP contribution in [0.25, 0.3) is 6.08 Å². The maximum atomic E-state index is 11.5. The van der Waals surface area contributed by atoms with Crippen molar-refractivity contribution >= 4 is 29.7 Å². The van der Waals surface area contributed by atoms with Crippen LogP contribution in [0.2, 0.25) is 0 Å². The van der Waals surface area contributed by atoms with Gasteiger partial charge in [0.05, 0.1) is 13.5 Å². The number of rotatable bonds is 6. The third kappa shape index (κ3) is 6.76. The van der Waals surface area contributed by atoms with E-state index in [1.54, 1.807) is 24.3 Å². The van der Waals surface area contributed by atoms with E-state index in [-0.39, 0.29) is 13.0 Å². The van der Waals surface area contributed by atoms with Crippen molar-refractivity contribution in [3.05, 3.63) is 35.9 Å². The normalized spacial score (nSPS) is 10.1. The number of carbonyl (C=O) groups excluding carboxylic acids is 2. The van der Waals surface area contributed by atoms with E-state index in [0.29, 0.717) is 11.3 Å². The Labute approximate surface area is 121 Å². The second kappa shape index (κ2) is 8.36. The van der Waals surface area contributed by atoms with Gasteiger partial charge in [0.15, 0.2) is 0 Å². The number of amides is 2. The summed E-state index contributed by atoms with van der Waals surface area (Å²) in [6.07, 6.45) is 2.58. The number of carboxylic acid groups (broad SMARTS) is 1. The lowest BCUT2D eigenvalue weighted by atomic mass is 10.2. The Hall–Kier alpha value is -2.83. The van der Waals surface area contributed by atoms with E-state index >= 15 is 0 Å². The number of methoxy groups -OCH3 is 1. The highest BCUT2D eigenvalue weighted by Gasteiger charge is 2.03. The Morgan fingerprint density at radius 3 is 2.48 bits per heavy atom. The fraction of sp³-hybridized carbons (Fsp3) is 0.214. The smallest absolute Gasteiger partial charge is 0.328 e. The Balaban J connectivity index is 2.42. The highest BCUT2D eigenvalue weighted by molar-refractivity contribution is 5.90. The molecule has 0 saturated carbocycles. The van der Waals surface area contributed by atoms with Gasteiger partial charge in [0.2, 0.25) is 0 Å². The van der Waals surface area contributed by atoms with Gasteiger partial charge in [-0.1, -0.05) is 12.1 Å². The van der Waals surface area contributed by atoms with Crippen molar-refractivity contribution in [1.29, 1.82) is 0 Å². The summed E-state index contributed by atoms with van der Waals surface area (Å²) in [6.45, 7) is 0.179. The lowest BCUT2D eigenvalue weighted by Crippen LogP contribution is -2.30. The molecule has 0 aliphatic carbocycles. The molecule has 0 atom stereocenters. The summed E-state index contributed by atoms with van der Waals surface area (Å²) in [6, 6.07) is 6.18. The van der Waals surface area contributed by atoms with E-state index in [9.17, 15) is 14.4 Å². The van der Waals surface area contributed by atoms with Crippen molar-refractivity contribution in [3.8, 4) is 0 Å². The molecule has 0 saturated heterocycles. The van der Waals surface area contributed by atoms with Crippen molar-refractivity contribution < 1.29 is 24.2 Å². The Morgan fingerprint density at radius 2 is 1.90 bits per heavy atom. The zero-order valence-electron chi connectivity index (χ0n) is 11.5. The van der Waals surface area contributed by atoms with Crippen LogP contribution >= 0.6 is 0 Å². The van der Waals surface area contributed by atoms with Crippen LogP contribution in [0.4, 0.5) is 10.5 Å². The van der Waals surface area contributed by atoms with Crippen molar-refractivity contribution in [3.63, 3.8) is 0 Å². The van der Waals surface area contributed by atoms with E-state index in [1.807, 2.05) is 0 Å². The predicted molar refractivity (Wildman–Crippen MR) is 76.8 cm³/mol. The monoisotopic (exact) mass is 292 g/mol.